The summed E-state index contributed by atoms with van der Waals surface area (Å²) in [5.74, 6) is 2.23. The van der Waals surface area contributed by atoms with E-state index in [-0.39, 0.29) is 12.8 Å². The molecule has 2 N–H and O–H groups in total. The lowest BCUT2D eigenvalue weighted by atomic mass is 9.91. The first-order valence-electron chi connectivity index (χ1n) is 8.97. The molecular weight excluding hydrogens is 362 g/mol. The molecule has 142 valence electrons. The Morgan fingerprint density at radius 2 is 2.11 bits per heavy atom. The third-order valence-electron chi connectivity index (χ3n) is 5.03. The maximum absolute atomic E-state index is 5.73. The van der Waals surface area contributed by atoms with Crippen LogP contribution in [0.15, 0.2) is 36.4 Å². The first-order valence-corrected chi connectivity index (χ1v) is 9.37. The van der Waals surface area contributed by atoms with Crippen LogP contribution in [0.1, 0.15) is 17.2 Å². The number of hydrogen-bond donors (Lipinski definition) is 2. The van der Waals surface area contributed by atoms with Crippen LogP contribution in [0.2, 0.25) is 0 Å². The Labute approximate surface area is 164 Å². The number of hydrogen-bond acceptors (Lipinski definition) is 5. The van der Waals surface area contributed by atoms with Gasteiger partial charge in [0.2, 0.25) is 12.5 Å². The lowest BCUT2D eigenvalue weighted by Gasteiger charge is -2.36. The molecule has 2 aliphatic heterocycles. The molecule has 0 spiro atoms. The molecule has 0 aliphatic carbocycles. The quantitative estimate of drug-likeness (QED) is 0.785. The third kappa shape index (κ3) is 3.52. The Morgan fingerprint density at radius 1 is 1.30 bits per heavy atom. The monoisotopic (exact) mass is 385 g/mol. The lowest BCUT2D eigenvalue weighted by molar-refractivity contribution is 0.170. The summed E-state index contributed by atoms with van der Waals surface area (Å²) in [6.07, 6.45) is 0.946. The first-order chi connectivity index (χ1) is 13.2. The highest BCUT2D eigenvalue weighted by atomic mass is 32.1. The van der Waals surface area contributed by atoms with Crippen LogP contribution in [0.25, 0.3) is 0 Å². The maximum Gasteiger partial charge on any atom is 0.231 e. The molecule has 27 heavy (non-hydrogen) atoms. The summed E-state index contributed by atoms with van der Waals surface area (Å²) in [7, 11) is 3.80. The number of nitrogens with zero attached hydrogens (tertiary/aromatic N) is 1. The largest absolute Gasteiger partial charge is 0.492 e. The van der Waals surface area contributed by atoms with E-state index in [1.54, 1.807) is 7.11 Å². The minimum Gasteiger partial charge on any atom is -0.492 e. The SMILES string of the molecule is COc1c2c(cc3c1[C@H](CNC(=S)Nc1ccccc1)N(C)CC3)OCO2. The van der Waals surface area contributed by atoms with Crippen LogP contribution in [0.3, 0.4) is 0 Å². The summed E-state index contributed by atoms with van der Waals surface area (Å²) in [6, 6.07) is 12.1. The van der Waals surface area contributed by atoms with Gasteiger partial charge in [-0.3, -0.25) is 4.90 Å². The zero-order valence-electron chi connectivity index (χ0n) is 15.5. The van der Waals surface area contributed by atoms with Crippen molar-refractivity contribution in [1.29, 1.82) is 0 Å². The molecule has 0 amide bonds. The van der Waals surface area contributed by atoms with E-state index >= 15 is 0 Å². The second-order valence-electron chi connectivity index (χ2n) is 6.66. The van der Waals surface area contributed by atoms with E-state index in [1.165, 1.54) is 5.56 Å². The summed E-state index contributed by atoms with van der Waals surface area (Å²) >= 11 is 5.47. The van der Waals surface area contributed by atoms with Gasteiger partial charge in [-0.2, -0.15) is 0 Å². The summed E-state index contributed by atoms with van der Waals surface area (Å²) in [6.45, 7) is 1.86. The van der Waals surface area contributed by atoms with E-state index in [2.05, 4.69) is 28.6 Å². The minimum absolute atomic E-state index is 0.119. The van der Waals surface area contributed by atoms with Crippen molar-refractivity contribution in [1.82, 2.24) is 10.2 Å². The van der Waals surface area contributed by atoms with E-state index in [9.17, 15) is 0 Å². The second-order valence-corrected chi connectivity index (χ2v) is 7.07. The molecule has 2 aliphatic rings. The van der Waals surface area contributed by atoms with Gasteiger partial charge in [-0.1, -0.05) is 18.2 Å². The summed E-state index contributed by atoms with van der Waals surface area (Å²) < 4.78 is 17.0. The number of methoxy groups -OCH3 is 1. The van der Waals surface area contributed by atoms with Gasteiger partial charge < -0.3 is 24.8 Å². The Hall–Kier alpha value is -2.51. The Morgan fingerprint density at radius 3 is 2.89 bits per heavy atom. The number of likely N-dealkylation sites (N-methyl/N-ethyl adjacent to an activating group) is 1. The fourth-order valence-electron chi connectivity index (χ4n) is 3.67. The van der Waals surface area contributed by atoms with E-state index in [4.69, 9.17) is 26.4 Å². The smallest absolute Gasteiger partial charge is 0.231 e. The highest BCUT2D eigenvalue weighted by Crippen LogP contribution is 2.49. The molecule has 2 heterocycles. The van der Waals surface area contributed by atoms with Gasteiger partial charge >= 0.3 is 0 Å². The van der Waals surface area contributed by atoms with Crippen molar-refractivity contribution < 1.29 is 14.2 Å². The molecule has 6 nitrogen and oxygen atoms in total. The number of rotatable bonds is 4. The van der Waals surface area contributed by atoms with Crippen LogP contribution in [-0.4, -0.2) is 44.1 Å². The van der Waals surface area contributed by atoms with Crippen molar-refractivity contribution in [3.8, 4) is 17.2 Å². The van der Waals surface area contributed by atoms with Gasteiger partial charge in [0.15, 0.2) is 16.6 Å². The molecule has 1 atom stereocenters. The van der Waals surface area contributed by atoms with E-state index in [1.807, 2.05) is 30.3 Å². The number of fused-ring (bicyclic) bond motifs is 2. The molecule has 0 fully saturated rings. The Kier molecular flexibility index (Phi) is 5.05. The predicted molar refractivity (Wildman–Crippen MR) is 109 cm³/mol. The predicted octanol–water partition coefficient (Wildman–Crippen LogP) is 2.94. The highest BCUT2D eigenvalue weighted by Gasteiger charge is 2.33. The second kappa shape index (κ2) is 7.62. The normalized spacial score (nSPS) is 17.9. The number of ether oxygens (including phenoxy) is 3. The van der Waals surface area contributed by atoms with Gasteiger partial charge in [-0.25, -0.2) is 0 Å². The van der Waals surface area contributed by atoms with Crippen molar-refractivity contribution in [2.75, 3.05) is 39.4 Å². The average molecular weight is 385 g/mol. The molecule has 0 unspecified atom stereocenters. The van der Waals surface area contributed by atoms with Crippen molar-refractivity contribution in [3.05, 3.63) is 47.5 Å². The minimum atomic E-state index is 0.119. The first kappa shape index (κ1) is 17.9. The standard InChI is InChI=1S/C20H23N3O3S/c1-23-9-8-13-10-16-18(26-12-25-16)19(24-2)17(13)15(23)11-21-20(27)22-14-6-4-3-5-7-14/h3-7,10,15H,8-9,11-12H2,1-2H3,(H2,21,22,27)/t15-/m0/s1. The van der Waals surface area contributed by atoms with Crippen molar-refractivity contribution in [2.24, 2.45) is 0 Å². The lowest BCUT2D eigenvalue weighted by Crippen LogP contribution is -2.41. The van der Waals surface area contributed by atoms with Gasteiger partial charge in [0.05, 0.1) is 13.2 Å². The van der Waals surface area contributed by atoms with Gasteiger partial charge in [-0.15, -0.1) is 0 Å². The molecule has 0 radical (unpaired) electrons. The van der Waals surface area contributed by atoms with Gasteiger partial charge in [0, 0.05) is 24.3 Å². The molecule has 0 saturated carbocycles. The third-order valence-corrected chi connectivity index (χ3v) is 5.28. The van der Waals surface area contributed by atoms with Gasteiger partial charge in [0.25, 0.3) is 0 Å². The maximum atomic E-state index is 5.73. The Balaban J connectivity index is 1.54. The molecule has 4 rings (SSSR count). The van der Waals surface area contributed by atoms with Crippen molar-refractivity contribution in [3.63, 3.8) is 0 Å². The molecular formula is C20H23N3O3S. The molecule has 0 saturated heterocycles. The topological polar surface area (TPSA) is 55.0 Å². The summed E-state index contributed by atoms with van der Waals surface area (Å²) in [5, 5.41) is 7.16. The number of anilines is 1. The van der Waals surface area contributed by atoms with Crippen LogP contribution in [0.4, 0.5) is 5.69 Å². The number of nitrogens with one attached hydrogen (secondary N) is 2. The van der Waals surface area contributed by atoms with Crippen molar-refractivity contribution >= 4 is 23.0 Å². The summed E-state index contributed by atoms with van der Waals surface area (Å²) in [5.41, 5.74) is 3.35. The fourth-order valence-corrected chi connectivity index (χ4v) is 3.87. The number of benzene rings is 2. The molecule has 0 bridgehead atoms. The average Bonchev–Trinajstić information content (AvgIpc) is 3.14. The summed E-state index contributed by atoms with van der Waals surface area (Å²) in [4.78, 5) is 2.31. The molecule has 2 aromatic rings. The van der Waals surface area contributed by atoms with Crippen LogP contribution in [0, 0.1) is 0 Å². The van der Waals surface area contributed by atoms with Gasteiger partial charge in [-0.05, 0) is 49.4 Å². The van der Waals surface area contributed by atoms with Crippen LogP contribution < -0.4 is 24.8 Å². The zero-order valence-corrected chi connectivity index (χ0v) is 16.3. The fraction of sp³-hybridized carbons (Fsp3) is 0.350. The molecule has 7 heteroatoms. The van der Waals surface area contributed by atoms with Gasteiger partial charge in [0.1, 0.15) is 0 Å². The van der Waals surface area contributed by atoms with Crippen LogP contribution in [0.5, 0.6) is 17.2 Å². The van der Waals surface area contributed by atoms with E-state index in [0.29, 0.717) is 17.4 Å². The zero-order chi connectivity index (χ0) is 18.8. The van der Waals surface area contributed by atoms with E-state index in [0.717, 1.165) is 35.7 Å². The molecule has 0 aromatic heterocycles. The van der Waals surface area contributed by atoms with Crippen LogP contribution >= 0.6 is 12.2 Å². The van der Waals surface area contributed by atoms with Crippen molar-refractivity contribution in [2.45, 2.75) is 12.5 Å². The molecule has 2 aromatic carbocycles. The Bertz CT molecular complexity index is 844. The highest BCUT2D eigenvalue weighted by molar-refractivity contribution is 7.80. The number of thiocarbonyl (C=S) groups is 1. The van der Waals surface area contributed by atoms with E-state index < -0.39 is 0 Å². The number of para-hydroxylation sites is 1. The van der Waals surface area contributed by atoms with Crippen LogP contribution in [-0.2, 0) is 6.42 Å².